The van der Waals surface area contributed by atoms with Gasteiger partial charge in [0.05, 0.1) is 11.6 Å². The second-order valence-corrected chi connectivity index (χ2v) is 7.75. The summed E-state index contributed by atoms with van der Waals surface area (Å²) in [6.07, 6.45) is 3.02. The van der Waals surface area contributed by atoms with Crippen molar-refractivity contribution in [3.8, 4) is 0 Å². The van der Waals surface area contributed by atoms with E-state index in [1.807, 2.05) is 0 Å². The molecular formula is C23H26N2O3. The number of oxime groups is 1. The monoisotopic (exact) mass is 378 g/mol. The van der Waals surface area contributed by atoms with Crippen LogP contribution in [-0.4, -0.2) is 34.8 Å². The van der Waals surface area contributed by atoms with Crippen LogP contribution in [-0.2, 0) is 22.6 Å². The van der Waals surface area contributed by atoms with Gasteiger partial charge in [-0.25, -0.2) is 0 Å². The maximum atomic E-state index is 10.9. The maximum absolute atomic E-state index is 10.9. The van der Waals surface area contributed by atoms with Crippen LogP contribution in [0.25, 0.3) is 0 Å². The van der Waals surface area contributed by atoms with Gasteiger partial charge in [0.15, 0.2) is 6.10 Å². The largest absolute Gasteiger partial charge is 0.481 e. The van der Waals surface area contributed by atoms with Crippen LogP contribution in [0.5, 0.6) is 0 Å². The molecule has 0 bridgehead atoms. The molecule has 2 aliphatic heterocycles. The summed E-state index contributed by atoms with van der Waals surface area (Å²) in [5.74, 6) is -0.905. The van der Waals surface area contributed by atoms with E-state index >= 15 is 0 Å². The summed E-state index contributed by atoms with van der Waals surface area (Å²) in [7, 11) is 0. The van der Waals surface area contributed by atoms with Crippen LogP contribution < -0.4 is 0 Å². The lowest BCUT2D eigenvalue weighted by Crippen LogP contribution is -2.49. The maximum Gasteiger partial charge on any atom is 0.309 e. The van der Waals surface area contributed by atoms with E-state index in [0.29, 0.717) is 13.1 Å². The third-order valence-electron chi connectivity index (χ3n) is 5.56. The van der Waals surface area contributed by atoms with Gasteiger partial charge < -0.3 is 9.94 Å². The zero-order chi connectivity index (χ0) is 19.5. The smallest absolute Gasteiger partial charge is 0.309 e. The fraction of sp³-hybridized carbons (Fsp3) is 0.391. The van der Waals surface area contributed by atoms with Crippen molar-refractivity contribution in [2.24, 2.45) is 11.1 Å². The molecule has 0 radical (unpaired) electrons. The Bertz CT molecular complexity index is 852. The number of carboxylic acids is 1. The zero-order valence-electron chi connectivity index (χ0n) is 16.2. The highest BCUT2D eigenvalue weighted by molar-refractivity contribution is 6.01. The molecule has 2 heterocycles. The van der Waals surface area contributed by atoms with Crippen LogP contribution in [0.15, 0.2) is 53.7 Å². The van der Waals surface area contributed by atoms with Gasteiger partial charge in [-0.2, -0.15) is 0 Å². The first-order valence-corrected chi connectivity index (χ1v) is 9.98. The van der Waals surface area contributed by atoms with E-state index < -0.39 is 5.97 Å². The van der Waals surface area contributed by atoms with E-state index in [-0.39, 0.29) is 12.0 Å². The standard InChI is InChI=1S/C23H26N2O3/c1-2-3-16-4-10-19(11-5-16)22-12-21(24-28-22)18-8-6-17(7-9-18)13-25-14-20(15-25)23(26)27/h4-11,20,22H,2-3,12-15H2,1H3,(H,26,27). The van der Waals surface area contributed by atoms with Gasteiger partial charge in [-0.3, -0.25) is 9.69 Å². The average Bonchev–Trinajstić information content (AvgIpc) is 3.15. The van der Waals surface area contributed by atoms with Crippen LogP contribution in [0.2, 0.25) is 0 Å². The van der Waals surface area contributed by atoms with Crippen LogP contribution in [0.3, 0.4) is 0 Å². The molecule has 1 saturated heterocycles. The van der Waals surface area contributed by atoms with E-state index in [0.717, 1.165) is 37.1 Å². The molecule has 0 aromatic heterocycles. The first kappa shape index (κ1) is 18.7. The fourth-order valence-electron chi connectivity index (χ4n) is 3.83. The minimum atomic E-state index is -0.694. The Hall–Kier alpha value is -2.66. The van der Waals surface area contributed by atoms with Crippen molar-refractivity contribution in [3.63, 3.8) is 0 Å². The first-order valence-electron chi connectivity index (χ1n) is 9.98. The number of likely N-dealkylation sites (tertiary alicyclic amines) is 1. The molecule has 146 valence electrons. The van der Waals surface area contributed by atoms with Crippen molar-refractivity contribution in [1.82, 2.24) is 4.90 Å². The lowest BCUT2D eigenvalue weighted by Gasteiger charge is -2.36. The van der Waals surface area contributed by atoms with Gasteiger partial charge >= 0.3 is 5.97 Å². The van der Waals surface area contributed by atoms with Crippen LogP contribution >= 0.6 is 0 Å². The highest BCUT2D eigenvalue weighted by Crippen LogP contribution is 2.30. The van der Waals surface area contributed by atoms with Gasteiger partial charge in [0.1, 0.15) is 0 Å². The van der Waals surface area contributed by atoms with E-state index in [1.54, 1.807) is 0 Å². The third-order valence-corrected chi connectivity index (χ3v) is 5.56. The molecule has 5 nitrogen and oxygen atoms in total. The van der Waals surface area contributed by atoms with Crippen molar-refractivity contribution in [3.05, 3.63) is 70.8 Å². The Morgan fingerprint density at radius 1 is 1.11 bits per heavy atom. The number of hydrogen-bond donors (Lipinski definition) is 1. The minimum absolute atomic E-state index is 0.0145. The molecular weight excluding hydrogens is 352 g/mol. The number of carbonyl (C=O) groups is 1. The van der Waals surface area contributed by atoms with Gasteiger partial charge in [0.2, 0.25) is 0 Å². The van der Waals surface area contributed by atoms with Crippen LogP contribution in [0.1, 0.15) is 48.1 Å². The molecule has 0 amide bonds. The second-order valence-electron chi connectivity index (χ2n) is 7.75. The summed E-state index contributed by atoms with van der Waals surface area (Å²) < 4.78 is 0. The van der Waals surface area contributed by atoms with Gasteiger partial charge in [-0.1, -0.05) is 67.0 Å². The summed E-state index contributed by atoms with van der Waals surface area (Å²) in [6, 6.07) is 17.0. The molecule has 2 aromatic rings. The Morgan fingerprint density at radius 3 is 2.43 bits per heavy atom. The topological polar surface area (TPSA) is 62.1 Å². The van der Waals surface area contributed by atoms with E-state index in [2.05, 4.69) is 65.5 Å². The first-order chi connectivity index (χ1) is 13.6. The summed E-state index contributed by atoms with van der Waals surface area (Å²) >= 11 is 0. The molecule has 4 rings (SSSR count). The van der Waals surface area contributed by atoms with Crippen molar-refractivity contribution >= 4 is 11.7 Å². The molecule has 5 heteroatoms. The predicted molar refractivity (Wildman–Crippen MR) is 108 cm³/mol. The Kier molecular flexibility index (Phi) is 5.44. The summed E-state index contributed by atoms with van der Waals surface area (Å²) in [5, 5.41) is 13.3. The Balaban J connectivity index is 1.32. The molecule has 1 N–H and O–H groups in total. The van der Waals surface area contributed by atoms with Gasteiger partial charge in [-0.15, -0.1) is 0 Å². The average molecular weight is 378 g/mol. The summed E-state index contributed by atoms with van der Waals surface area (Å²) in [6.45, 7) is 4.25. The highest BCUT2D eigenvalue weighted by atomic mass is 16.6. The number of aryl methyl sites for hydroxylation is 1. The zero-order valence-corrected chi connectivity index (χ0v) is 16.2. The molecule has 2 aliphatic rings. The van der Waals surface area contributed by atoms with Crippen LogP contribution in [0, 0.1) is 5.92 Å². The Morgan fingerprint density at radius 2 is 1.79 bits per heavy atom. The number of benzene rings is 2. The molecule has 28 heavy (non-hydrogen) atoms. The number of nitrogens with zero attached hydrogens (tertiary/aromatic N) is 2. The van der Waals surface area contributed by atoms with E-state index in [1.165, 1.54) is 16.7 Å². The quantitative estimate of drug-likeness (QED) is 0.790. The third kappa shape index (κ3) is 4.09. The predicted octanol–water partition coefficient (Wildman–Crippen LogP) is 4.02. The summed E-state index contributed by atoms with van der Waals surface area (Å²) in [4.78, 5) is 18.7. The van der Waals surface area contributed by atoms with Crippen LogP contribution in [0.4, 0.5) is 0 Å². The molecule has 0 saturated carbocycles. The molecule has 1 unspecified atom stereocenters. The lowest BCUT2D eigenvalue weighted by molar-refractivity contribution is -0.147. The SMILES string of the molecule is CCCc1ccc(C2CC(c3ccc(CN4CC(C(=O)O)C4)cc3)=NO2)cc1. The minimum Gasteiger partial charge on any atom is -0.481 e. The number of aliphatic carboxylic acids is 1. The number of carboxylic acid groups (broad SMARTS) is 1. The number of rotatable bonds is 7. The van der Waals surface area contributed by atoms with Gasteiger partial charge in [0, 0.05) is 26.1 Å². The van der Waals surface area contributed by atoms with Crippen molar-refractivity contribution < 1.29 is 14.7 Å². The molecule has 1 atom stereocenters. The second kappa shape index (κ2) is 8.15. The van der Waals surface area contributed by atoms with E-state index in [9.17, 15) is 4.79 Å². The normalized spacial score (nSPS) is 19.8. The van der Waals surface area contributed by atoms with Crippen molar-refractivity contribution in [2.45, 2.75) is 38.8 Å². The van der Waals surface area contributed by atoms with Crippen molar-refractivity contribution in [2.75, 3.05) is 13.1 Å². The number of hydrogen-bond acceptors (Lipinski definition) is 4. The lowest BCUT2D eigenvalue weighted by atomic mass is 9.97. The van der Waals surface area contributed by atoms with E-state index in [4.69, 9.17) is 9.94 Å². The van der Waals surface area contributed by atoms with Gasteiger partial charge in [-0.05, 0) is 28.7 Å². The Labute approximate surface area is 165 Å². The molecule has 0 aliphatic carbocycles. The van der Waals surface area contributed by atoms with Gasteiger partial charge in [0.25, 0.3) is 0 Å². The molecule has 0 spiro atoms. The highest BCUT2D eigenvalue weighted by Gasteiger charge is 2.32. The van der Waals surface area contributed by atoms with Crippen molar-refractivity contribution in [1.29, 1.82) is 0 Å². The fourth-order valence-corrected chi connectivity index (χ4v) is 3.83. The molecule has 1 fully saturated rings. The summed E-state index contributed by atoms with van der Waals surface area (Å²) in [5.41, 5.74) is 5.78. The molecule has 2 aromatic carbocycles.